The van der Waals surface area contributed by atoms with Gasteiger partial charge in [-0.05, 0) is 63.6 Å². The van der Waals surface area contributed by atoms with E-state index in [-0.39, 0.29) is 22.3 Å². The lowest BCUT2D eigenvalue weighted by Gasteiger charge is -2.56. The smallest absolute Gasteiger partial charge is 0.146 e. The van der Waals surface area contributed by atoms with Crippen molar-refractivity contribution in [1.29, 1.82) is 0 Å². The number of hydrogen-bond acceptors (Lipinski definition) is 4. The molecule has 6 heteroatoms. The number of halogens is 1. The van der Waals surface area contributed by atoms with Gasteiger partial charge in [0.25, 0.3) is 0 Å². The van der Waals surface area contributed by atoms with Crippen LogP contribution in [0.25, 0.3) is 0 Å². The van der Waals surface area contributed by atoms with Gasteiger partial charge >= 0.3 is 0 Å². The van der Waals surface area contributed by atoms with Crippen LogP contribution in [0.4, 0.5) is 0 Å². The summed E-state index contributed by atoms with van der Waals surface area (Å²) in [6.07, 6.45) is 4.93. The molecule has 0 amide bonds. The fourth-order valence-electron chi connectivity index (χ4n) is 3.85. The van der Waals surface area contributed by atoms with E-state index in [1.807, 2.05) is 18.4 Å². The molecular formula is C22H38ClNO3S. The second-order valence-electron chi connectivity index (χ2n) is 9.55. The summed E-state index contributed by atoms with van der Waals surface area (Å²) in [5.74, 6) is 0.510. The molecule has 2 N–H and O–H groups in total. The van der Waals surface area contributed by atoms with Crippen LogP contribution in [0.15, 0.2) is 24.3 Å². The Labute approximate surface area is 178 Å². The Bertz CT molecular complexity index is 622. The summed E-state index contributed by atoms with van der Waals surface area (Å²) in [5, 5.41) is 0.742. The first-order valence-electron chi connectivity index (χ1n) is 10.1. The van der Waals surface area contributed by atoms with Crippen molar-refractivity contribution in [1.82, 2.24) is 4.72 Å². The molecule has 4 nitrogen and oxygen atoms in total. The monoisotopic (exact) mass is 431 g/mol. The molecule has 0 radical (unpaired) electrons. The van der Waals surface area contributed by atoms with E-state index in [4.69, 9.17) is 21.1 Å². The minimum Gasteiger partial charge on any atom is -0.359 e. The van der Waals surface area contributed by atoms with Crippen LogP contribution < -0.4 is 4.72 Å². The highest BCUT2D eigenvalue weighted by Crippen LogP contribution is 2.55. The third-order valence-electron chi connectivity index (χ3n) is 5.96. The van der Waals surface area contributed by atoms with Gasteiger partial charge < -0.3 is 14.0 Å². The Balaban J connectivity index is 2.38. The van der Waals surface area contributed by atoms with E-state index in [0.29, 0.717) is 12.7 Å². The van der Waals surface area contributed by atoms with E-state index in [9.17, 15) is 4.55 Å². The Hall–Kier alpha value is -0.300. The van der Waals surface area contributed by atoms with Gasteiger partial charge in [-0.25, -0.2) is 0 Å². The SMILES string of the molecule is COCOC1CC(c2ccc(Cl)cc2)([C@H](CC(C)C)NS(C)(O)C(C)(C)C)C1. The highest BCUT2D eigenvalue weighted by Gasteiger charge is 2.53. The first-order chi connectivity index (χ1) is 12.9. The van der Waals surface area contributed by atoms with Crippen molar-refractivity contribution >= 4 is 22.1 Å². The molecule has 1 saturated carbocycles. The minimum absolute atomic E-state index is 0.0878. The number of nitrogens with one attached hydrogen (secondary N) is 1. The van der Waals surface area contributed by atoms with Crippen LogP contribution in [0.3, 0.4) is 0 Å². The topological polar surface area (TPSA) is 50.7 Å². The van der Waals surface area contributed by atoms with E-state index < -0.39 is 10.5 Å². The average molecular weight is 432 g/mol. The molecule has 0 aromatic heterocycles. The largest absolute Gasteiger partial charge is 0.359 e. The van der Waals surface area contributed by atoms with Gasteiger partial charge in [0.05, 0.1) is 6.10 Å². The molecule has 0 heterocycles. The molecule has 2 rings (SSSR count). The van der Waals surface area contributed by atoms with Gasteiger partial charge in [-0.2, -0.15) is 0 Å². The van der Waals surface area contributed by atoms with Gasteiger partial charge in [0.1, 0.15) is 6.79 Å². The molecule has 2 atom stereocenters. The number of rotatable bonds is 9. The Morgan fingerprint density at radius 3 is 2.29 bits per heavy atom. The number of benzene rings is 1. The van der Waals surface area contributed by atoms with E-state index in [1.54, 1.807) is 7.11 Å². The van der Waals surface area contributed by atoms with Crippen LogP contribution in [0.2, 0.25) is 5.02 Å². The number of hydrogen-bond donors (Lipinski definition) is 2. The predicted octanol–water partition coefficient (Wildman–Crippen LogP) is 5.99. The van der Waals surface area contributed by atoms with Crippen molar-refractivity contribution in [2.45, 2.75) is 76.2 Å². The number of ether oxygens (including phenoxy) is 2. The molecule has 1 aliphatic carbocycles. The maximum absolute atomic E-state index is 11.3. The fourth-order valence-corrected chi connectivity index (χ4v) is 5.21. The fraction of sp³-hybridized carbons (Fsp3) is 0.727. The van der Waals surface area contributed by atoms with E-state index >= 15 is 0 Å². The lowest BCUT2D eigenvalue weighted by Crippen LogP contribution is -2.60. The normalized spacial score (nSPS) is 27.1. The number of methoxy groups -OCH3 is 1. The highest BCUT2D eigenvalue weighted by atomic mass is 35.5. The maximum Gasteiger partial charge on any atom is 0.146 e. The summed E-state index contributed by atoms with van der Waals surface area (Å²) in [6.45, 7) is 11.1. The molecule has 162 valence electrons. The summed E-state index contributed by atoms with van der Waals surface area (Å²) in [6, 6.07) is 8.34. The Morgan fingerprint density at radius 2 is 1.82 bits per heavy atom. The third-order valence-corrected chi connectivity index (χ3v) is 9.34. The van der Waals surface area contributed by atoms with Crippen LogP contribution >= 0.6 is 22.1 Å². The molecular weight excluding hydrogens is 394 g/mol. The second kappa shape index (κ2) is 9.23. The zero-order valence-corrected chi connectivity index (χ0v) is 20.0. The van der Waals surface area contributed by atoms with E-state index in [0.717, 1.165) is 24.3 Å². The van der Waals surface area contributed by atoms with E-state index in [2.05, 4.69) is 51.5 Å². The molecule has 0 aliphatic heterocycles. The molecule has 1 aromatic rings. The van der Waals surface area contributed by atoms with Crippen molar-refractivity contribution in [2.24, 2.45) is 5.92 Å². The highest BCUT2D eigenvalue weighted by molar-refractivity contribution is 8.28. The predicted molar refractivity (Wildman–Crippen MR) is 121 cm³/mol. The van der Waals surface area contributed by atoms with Crippen molar-refractivity contribution < 1.29 is 14.0 Å². The average Bonchev–Trinajstić information content (AvgIpc) is 2.53. The van der Waals surface area contributed by atoms with Gasteiger partial charge in [-0.3, -0.25) is 4.72 Å². The molecule has 1 aromatic carbocycles. The Kier molecular flexibility index (Phi) is 7.91. The van der Waals surface area contributed by atoms with Gasteiger partial charge in [0.15, 0.2) is 0 Å². The molecule has 0 bridgehead atoms. The zero-order chi connectivity index (χ0) is 21.2. The quantitative estimate of drug-likeness (QED) is 0.471. The summed E-state index contributed by atoms with van der Waals surface area (Å²) < 4.78 is 25.8. The summed E-state index contributed by atoms with van der Waals surface area (Å²) in [5.41, 5.74) is 1.17. The molecule has 1 unspecified atom stereocenters. The minimum atomic E-state index is -1.99. The van der Waals surface area contributed by atoms with Crippen molar-refractivity contribution in [2.75, 3.05) is 20.2 Å². The van der Waals surface area contributed by atoms with Gasteiger partial charge in [0, 0.05) is 34.6 Å². The summed E-state index contributed by atoms with van der Waals surface area (Å²) >= 11 is 6.16. The van der Waals surface area contributed by atoms with Gasteiger partial charge in [0.2, 0.25) is 0 Å². The van der Waals surface area contributed by atoms with Crippen molar-refractivity contribution in [3.63, 3.8) is 0 Å². The lowest BCUT2D eigenvalue weighted by atomic mass is 9.57. The van der Waals surface area contributed by atoms with Crippen LogP contribution in [0.1, 0.15) is 59.4 Å². The van der Waals surface area contributed by atoms with Crippen LogP contribution in [0, 0.1) is 5.92 Å². The first kappa shape index (κ1) is 24.0. The first-order valence-corrected chi connectivity index (χ1v) is 12.4. The Morgan fingerprint density at radius 1 is 1.25 bits per heavy atom. The summed E-state index contributed by atoms with van der Waals surface area (Å²) in [4.78, 5) is 0. The van der Waals surface area contributed by atoms with Crippen LogP contribution in [-0.4, -0.2) is 41.6 Å². The molecule has 28 heavy (non-hydrogen) atoms. The van der Waals surface area contributed by atoms with Gasteiger partial charge in [-0.1, -0.05) is 48.1 Å². The molecule has 1 aliphatic rings. The van der Waals surface area contributed by atoms with Crippen LogP contribution in [-0.2, 0) is 14.9 Å². The lowest BCUT2D eigenvalue weighted by molar-refractivity contribution is -0.127. The van der Waals surface area contributed by atoms with Crippen molar-refractivity contribution in [3.05, 3.63) is 34.9 Å². The molecule has 0 spiro atoms. The maximum atomic E-state index is 11.3. The molecule has 1 fully saturated rings. The third kappa shape index (κ3) is 5.44. The van der Waals surface area contributed by atoms with Crippen molar-refractivity contribution in [3.8, 4) is 0 Å². The summed E-state index contributed by atoms with van der Waals surface area (Å²) in [7, 11) is -0.343. The van der Waals surface area contributed by atoms with Crippen LogP contribution in [0.5, 0.6) is 0 Å². The second-order valence-corrected chi connectivity index (χ2v) is 13.2. The van der Waals surface area contributed by atoms with E-state index in [1.165, 1.54) is 5.56 Å². The molecule has 0 saturated heterocycles. The van der Waals surface area contributed by atoms with Gasteiger partial charge in [-0.15, -0.1) is 0 Å². The zero-order valence-electron chi connectivity index (χ0n) is 18.4. The standard InChI is InChI=1S/C22H38ClNO3S/c1-16(2)12-20(24-28(7,25)21(3,4)5)22(13-19(14-22)27-15-26-6)17-8-10-18(23)11-9-17/h8-11,16,19-20,24-25H,12-15H2,1-7H3/t19?,20-,22?/m0/s1.